The second-order valence-electron chi connectivity index (χ2n) is 4.46. The van der Waals surface area contributed by atoms with E-state index >= 15 is 0 Å². The topological polar surface area (TPSA) is 83.5 Å². The normalized spacial score (nSPS) is 19.5. The fourth-order valence-electron chi connectivity index (χ4n) is 1.96. The van der Waals surface area contributed by atoms with Gasteiger partial charge in [-0.25, -0.2) is 17.9 Å². The van der Waals surface area contributed by atoms with Crippen LogP contribution in [0, 0.1) is 6.92 Å². The number of carboxylic acid groups (broad SMARTS) is 1. The minimum Gasteiger partial charge on any atom is -0.478 e. The van der Waals surface area contributed by atoms with E-state index in [1.807, 2.05) is 0 Å². The van der Waals surface area contributed by atoms with E-state index in [1.54, 1.807) is 18.7 Å². The Balaban J connectivity index is 2.25. The number of thioether (sulfide) groups is 1. The molecule has 0 amide bonds. The van der Waals surface area contributed by atoms with Gasteiger partial charge < -0.3 is 5.11 Å². The highest BCUT2D eigenvalue weighted by atomic mass is 32.2. The highest BCUT2D eigenvalue weighted by Gasteiger charge is 2.23. The number of hydrogen-bond acceptors (Lipinski definition) is 4. The van der Waals surface area contributed by atoms with Gasteiger partial charge in [0, 0.05) is 11.8 Å². The lowest BCUT2D eigenvalue weighted by Gasteiger charge is -2.12. The summed E-state index contributed by atoms with van der Waals surface area (Å²) in [5, 5.41) is 8.92. The Morgan fingerprint density at radius 2 is 2.21 bits per heavy atom. The minimum atomic E-state index is -3.56. The summed E-state index contributed by atoms with van der Waals surface area (Å²) in [4.78, 5) is 11.0. The molecular weight excluding hydrogens is 286 g/mol. The maximum Gasteiger partial charge on any atom is 0.335 e. The van der Waals surface area contributed by atoms with Crippen LogP contribution in [-0.2, 0) is 10.0 Å². The first-order valence-electron chi connectivity index (χ1n) is 5.84. The molecule has 1 aliphatic rings. The van der Waals surface area contributed by atoms with Crippen molar-refractivity contribution in [2.24, 2.45) is 0 Å². The van der Waals surface area contributed by atoms with E-state index in [-0.39, 0.29) is 16.5 Å². The van der Waals surface area contributed by atoms with Crippen LogP contribution in [0.5, 0.6) is 0 Å². The molecule has 0 aromatic heterocycles. The number of benzene rings is 1. The van der Waals surface area contributed by atoms with Crippen LogP contribution in [0.4, 0.5) is 0 Å². The van der Waals surface area contributed by atoms with Gasteiger partial charge in [-0.1, -0.05) is 0 Å². The zero-order chi connectivity index (χ0) is 14.0. The Bertz CT molecular complexity index is 592. The Labute approximate surface area is 116 Å². The molecule has 2 rings (SSSR count). The molecule has 0 saturated carbocycles. The average molecular weight is 301 g/mol. The molecule has 104 valence electrons. The average Bonchev–Trinajstić information content (AvgIpc) is 2.80. The lowest BCUT2D eigenvalue weighted by Crippen LogP contribution is -2.34. The standard InChI is InChI=1S/C12H15NO4S2/c1-8-6-10(2-3-11(8)12(14)15)19(16,17)13-9-4-5-18-7-9/h2-3,6,9,13H,4-5,7H2,1H3,(H,14,15). The number of aromatic carboxylic acids is 1. The Morgan fingerprint density at radius 3 is 2.74 bits per heavy atom. The Morgan fingerprint density at radius 1 is 1.47 bits per heavy atom. The fraction of sp³-hybridized carbons (Fsp3) is 0.417. The smallest absolute Gasteiger partial charge is 0.335 e. The third-order valence-corrected chi connectivity index (χ3v) is 5.67. The molecular formula is C12H15NO4S2. The molecule has 19 heavy (non-hydrogen) atoms. The molecule has 1 atom stereocenters. The third kappa shape index (κ3) is 3.29. The maximum atomic E-state index is 12.2. The second-order valence-corrected chi connectivity index (χ2v) is 7.33. The number of carboxylic acids is 1. The molecule has 1 aromatic carbocycles. The number of sulfonamides is 1. The molecule has 2 N–H and O–H groups in total. The summed E-state index contributed by atoms with van der Waals surface area (Å²) in [6.45, 7) is 1.59. The number of nitrogens with one attached hydrogen (secondary N) is 1. The lowest BCUT2D eigenvalue weighted by atomic mass is 10.1. The van der Waals surface area contributed by atoms with Crippen molar-refractivity contribution in [3.05, 3.63) is 29.3 Å². The van der Waals surface area contributed by atoms with Gasteiger partial charge in [-0.05, 0) is 42.9 Å². The van der Waals surface area contributed by atoms with Crippen molar-refractivity contribution >= 4 is 27.8 Å². The van der Waals surface area contributed by atoms with Crippen LogP contribution in [0.3, 0.4) is 0 Å². The fourth-order valence-corrected chi connectivity index (χ4v) is 4.57. The van der Waals surface area contributed by atoms with Gasteiger partial charge in [0.15, 0.2) is 0 Å². The van der Waals surface area contributed by atoms with Gasteiger partial charge in [0.2, 0.25) is 10.0 Å². The van der Waals surface area contributed by atoms with Crippen LogP contribution in [-0.4, -0.2) is 37.0 Å². The van der Waals surface area contributed by atoms with E-state index < -0.39 is 16.0 Å². The highest BCUT2D eigenvalue weighted by Crippen LogP contribution is 2.21. The molecule has 1 aliphatic heterocycles. The number of rotatable bonds is 4. The molecule has 0 aliphatic carbocycles. The van der Waals surface area contributed by atoms with E-state index in [2.05, 4.69) is 4.72 Å². The second kappa shape index (κ2) is 5.52. The van der Waals surface area contributed by atoms with Crippen LogP contribution < -0.4 is 4.72 Å². The third-order valence-electron chi connectivity index (χ3n) is 2.99. The predicted octanol–water partition coefficient (Wildman–Crippen LogP) is 1.48. The van der Waals surface area contributed by atoms with Crippen LogP contribution in [0.25, 0.3) is 0 Å². The molecule has 1 saturated heterocycles. The van der Waals surface area contributed by atoms with Crippen LogP contribution >= 0.6 is 11.8 Å². The van der Waals surface area contributed by atoms with E-state index in [1.165, 1.54) is 18.2 Å². The van der Waals surface area contributed by atoms with Crippen molar-refractivity contribution in [1.29, 1.82) is 0 Å². The summed E-state index contributed by atoms with van der Waals surface area (Å²) in [6, 6.07) is 4.03. The molecule has 1 fully saturated rings. The van der Waals surface area contributed by atoms with E-state index in [0.29, 0.717) is 5.56 Å². The van der Waals surface area contributed by atoms with E-state index in [0.717, 1.165) is 17.9 Å². The first kappa shape index (κ1) is 14.4. The van der Waals surface area contributed by atoms with Crippen molar-refractivity contribution in [2.75, 3.05) is 11.5 Å². The van der Waals surface area contributed by atoms with Gasteiger partial charge in [0.25, 0.3) is 0 Å². The highest BCUT2D eigenvalue weighted by molar-refractivity contribution is 7.99. The van der Waals surface area contributed by atoms with Crippen molar-refractivity contribution in [3.8, 4) is 0 Å². The minimum absolute atomic E-state index is 0.0329. The van der Waals surface area contributed by atoms with Crippen LogP contribution in [0.1, 0.15) is 22.3 Å². The Hall–Kier alpha value is -1.05. The molecule has 0 spiro atoms. The van der Waals surface area contributed by atoms with Gasteiger partial charge in [-0.15, -0.1) is 0 Å². The molecule has 7 heteroatoms. The van der Waals surface area contributed by atoms with Gasteiger partial charge in [0.05, 0.1) is 10.5 Å². The van der Waals surface area contributed by atoms with Gasteiger partial charge in [-0.3, -0.25) is 0 Å². The van der Waals surface area contributed by atoms with Crippen LogP contribution in [0.15, 0.2) is 23.1 Å². The molecule has 1 aromatic rings. The summed E-state index contributed by atoms with van der Waals surface area (Å²) in [7, 11) is -3.56. The maximum absolute atomic E-state index is 12.2. The number of hydrogen-bond donors (Lipinski definition) is 2. The zero-order valence-corrected chi connectivity index (χ0v) is 12.1. The molecule has 0 bridgehead atoms. The number of aryl methyl sites for hydroxylation is 1. The monoisotopic (exact) mass is 301 g/mol. The summed E-state index contributed by atoms with van der Waals surface area (Å²) in [5.74, 6) is 0.692. The Kier molecular flexibility index (Phi) is 4.17. The van der Waals surface area contributed by atoms with E-state index in [9.17, 15) is 13.2 Å². The van der Waals surface area contributed by atoms with E-state index in [4.69, 9.17) is 5.11 Å². The van der Waals surface area contributed by atoms with Crippen molar-refractivity contribution in [3.63, 3.8) is 0 Å². The van der Waals surface area contributed by atoms with Gasteiger partial charge in [0.1, 0.15) is 0 Å². The predicted molar refractivity (Wildman–Crippen MR) is 74.2 cm³/mol. The summed E-state index contributed by atoms with van der Waals surface area (Å²) in [6.07, 6.45) is 0.829. The number of carbonyl (C=O) groups is 1. The zero-order valence-electron chi connectivity index (χ0n) is 10.4. The van der Waals surface area contributed by atoms with Gasteiger partial charge in [-0.2, -0.15) is 11.8 Å². The SMILES string of the molecule is Cc1cc(S(=O)(=O)NC2CCSC2)ccc1C(=O)O. The molecule has 1 heterocycles. The van der Waals surface area contributed by atoms with Crippen LogP contribution in [0.2, 0.25) is 0 Å². The van der Waals surface area contributed by atoms with Gasteiger partial charge >= 0.3 is 5.97 Å². The first-order chi connectivity index (χ1) is 8.90. The molecule has 5 nitrogen and oxygen atoms in total. The van der Waals surface area contributed by atoms with Crippen molar-refractivity contribution in [2.45, 2.75) is 24.3 Å². The largest absolute Gasteiger partial charge is 0.478 e. The molecule has 0 radical (unpaired) electrons. The van der Waals surface area contributed by atoms with Crippen molar-refractivity contribution in [1.82, 2.24) is 4.72 Å². The summed E-state index contributed by atoms with van der Waals surface area (Å²) in [5.41, 5.74) is 0.562. The quantitative estimate of drug-likeness (QED) is 0.880. The first-order valence-corrected chi connectivity index (χ1v) is 8.48. The summed E-state index contributed by atoms with van der Waals surface area (Å²) < 4.78 is 27.0. The lowest BCUT2D eigenvalue weighted by molar-refractivity contribution is 0.0696. The summed E-state index contributed by atoms with van der Waals surface area (Å²) >= 11 is 1.72. The molecule has 1 unspecified atom stereocenters. The van der Waals surface area contributed by atoms with Crippen molar-refractivity contribution < 1.29 is 18.3 Å².